The Labute approximate surface area is 243 Å². The second-order valence-electron chi connectivity index (χ2n) is 10.7. The van der Waals surface area contributed by atoms with Crippen LogP contribution in [0.1, 0.15) is 27.9 Å². The molecule has 0 saturated heterocycles. The van der Waals surface area contributed by atoms with Crippen LogP contribution in [0.4, 0.5) is 5.69 Å². The lowest BCUT2D eigenvalue weighted by Crippen LogP contribution is -2.65. The number of fused-ring (bicyclic) bond motifs is 3. The molecule has 0 heterocycles. The van der Waals surface area contributed by atoms with Crippen molar-refractivity contribution in [3.05, 3.63) is 76.1 Å². The Morgan fingerprint density at radius 1 is 1.10 bits per heavy atom. The Morgan fingerprint density at radius 3 is 2.37 bits per heavy atom. The van der Waals surface area contributed by atoms with Crippen LogP contribution in [0.15, 0.2) is 59.4 Å². The number of hydrogen-bond donors (Lipinski definition) is 6. The van der Waals surface area contributed by atoms with Gasteiger partial charge >= 0.3 is 0 Å². The summed E-state index contributed by atoms with van der Waals surface area (Å²) < 4.78 is 0. The first-order chi connectivity index (χ1) is 19.3. The summed E-state index contributed by atoms with van der Waals surface area (Å²) in [4.78, 5) is 52.7. The number of likely N-dealkylation sites (N-methyl/N-ethyl adjacent to an activating group) is 1. The SMILES string of the molecule is CN(C)[C@@H]1C(=O)C(C(N)=O)=C(O)C2(O)C(=O)C3=C(O)c4c(ccc(NC(=O)C(Br)c5ccccc5)c4O)CC3CC12. The van der Waals surface area contributed by atoms with Crippen LogP contribution in [-0.2, 0) is 25.6 Å². The highest BCUT2D eigenvalue weighted by Crippen LogP contribution is 2.53. The second-order valence-corrected chi connectivity index (χ2v) is 11.6. The molecule has 1 saturated carbocycles. The smallest absolute Gasteiger partial charge is 0.255 e. The van der Waals surface area contributed by atoms with Crippen LogP contribution in [0.3, 0.4) is 0 Å². The zero-order valence-corrected chi connectivity index (χ0v) is 23.7. The van der Waals surface area contributed by atoms with Gasteiger partial charge in [0.25, 0.3) is 5.91 Å². The van der Waals surface area contributed by atoms with Crippen LogP contribution in [0, 0.1) is 11.8 Å². The second kappa shape index (κ2) is 10.1. The normalized spacial score (nSPS) is 26.3. The number of hydrogen-bond acceptors (Lipinski definition) is 9. The van der Waals surface area contributed by atoms with E-state index in [9.17, 15) is 39.6 Å². The maximum absolute atomic E-state index is 13.9. The number of alkyl halides is 1. The van der Waals surface area contributed by atoms with E-state index in [1.165, 1.54) is 25.1 Å². The zero-order valence-electron chi connectivity index (χ0n) is 22.1. The summed E-state index contributed by atoms with van der Waals surface area (Å²) in [5.74, 6) is -7.80. The summed E-state index contributed by atoms with van der Waals surface area (Å²) in [5.41, 5.74) is 2.51. The quantitative estimate of drug-likeness (QED) is 0.164. The molecule has 0 spiro atoms. The fourth-order valence-electron chi connectivity index (χ4n) is 6.29. The number of nitrogens with two attached hydrogens (primary N) is 1. The highest BCUT2D eigenvalue weighted by Gasteiger charge is 2.64. The van der Waals surface area contributed by atoms with Crippen molar-refractivity contribution < 1.29 is 39.6 Å². The van der Waals surface area contributed by atoms with Crippen LogP contribution < -0.4 is 11.1 Å². The summed E-state index contributed by atoms with van der Waals surface area (Å²) in [6, 6.07) is 10.8. The summed E-state index contributed by atoms with van der Waals surface area (Å²) in [5, 5.41) is 47.7. The number of primary amides is 1. The number of anilines is 1. The van der Waals surface area contributed by atoms with Gasteiger partial charge in [-0.2, -0.15) is 0 Å². The summed E-state index contributed by atoms with van der Waals surface area (Å²) in [6.45, 7) is 0. The van der Waals surface area contributed by atoms with Crippen molar-refractivity contribution in [2.75, 3.05) is 19.4 Å². The van der Waals surface area contributed by atoms with Crippen molar-refractivity contribution in [3.8, 4) is 5.75 Å². The van der Waals surface area contributed by atoms with Gasteiger partial charge in [-0.05, 0) is 50.0 Å². The van der Waals surface area contributed by atoms with Crippen molar-refractivity contribution in [3.63, 3.8) is 0 Å². The molecule has 5 rings (SSSR count). The van der Waals surface area contributed by atoms with Crippen LogP contribution in [-0.4, -0.2) is 74.4 Å². The molecule has 5 atom stereocenters. The molecule has 0 radical (unpaired) electrons. The number of amides is 2. The molecule has 1 fully saturated rings. The van der Waals surface area contributed by atoms with E-state index < -0.39 is 74.5 Å². The van der Waals surface area contributed by atoms with Crippen molar-refractivity contribution in [2.45, 2.75) is 29.3 Å². The first-order valence-electron chi connectivity index (χ1n) is 12.8. The number of phenols is 1. The first-order valence-corrected chi connectivity index (χ1v) is 13.7. The molecule has 11 nitrogen and oxygen atoms in total. The maximum Gasteiger partial charge on any atom is 0.255 e. The van der Waals surface area contributed by atoms with Gasteiger partial charge in [0.15, 0.2) is 11.4 Å². The Morgan fingerprint density at radius 2 is 1.76 bits per heavy atom. The lowest BCUT2D eigenvalue weighted by molar-refractivity contribution is -0.153. The summed E-state index contributed by atoms with van der Waals surface area (Å²) in [6.07, 6.45) is 0.148. The zero-order chi connectivity index (χ0) is 30.0. The number of halogens is 1. The molecule has 12 heteroatoms. The molecule has 0 aromatic heterocycles. The van der Waals surface area contributed by atoms with Crippen molar-refractivity contribution >= 4 is 50.8 Å². The third kappa shape index (κ3) is 4.25. The Hall–Kier alpha value is -4.00. The maximum atomic E-state index is 13.9. The van der Waals surface area contributed by atoms with Gasteiger partial charge in [-0.3, -0.25) is 24.1 Å². The molecule has 7 N–H and O–H groups in total. The number of Topliss-reactive ketones (excluding diaryl/α,β-unsaturated/α-hetero) is 2. The van der Waals surface area contributed by atoms with Gasteiger partial charge in [-0.15, -0.1) is 0 Å². The molecule has 214 valence electrons. The van der Waals surface area contributed by atoms with Gasteiger partial charge in [0.2, 0.25) is 11.7 Å². The van der Waals surface area contributed by atoms with Crippen LogP contribution >= 0.6 is 15.9 Å². The number of carbonyl (C=O) groups is 4. The average molecular weight is 626 g/mol. The van der Waals surface area contributed by atoms with Crippen molar-refractivity contribution in [1.82, 2.24) is 4.90 Å². The monoisotopic (exact) mass is 625 g/mol. The molecular weight excluding hydrogens is 598 g/mol. The Balaban J connectivity index is 1.58. The highest BCUT2D eigenvalue weighted by atomic mass is 79.9. The molecule has 3 aliphatic rings. The largest absolute Gasteiger partial charge is 0.508 e. The molecule has 41 heavy (non-hydrogen) atoms. The number of benzene rings is 2. The lowest BCUT2D eigenvalue weighted by Gasteiger charge is -2.50. The lowest BCUT2D eigenvalue weighted by atomic mass is 9.57. The number of aromatic hydroxyl groups is 1. The predicted molar refractivity (Wildman–Crippen MR) is 151 cm³/mol. The number of aliphatic hydroxyl groups is 3. The van der Waals surface area contributed by atoms with Gasteiger partial charge in [-0.25, -0.2) is 0 Å². The van der Waals surface area contributed by atoms with E-state index in [-0.39, 0.29) is 29.7 Å². The van der Waals surface area contributed by atoms with Gasteiger partial charge < -0.3 is 31.5 Å². The third-order valence-electron chi connectivity index (χ3n) is 8.17. The standard InChI is InChI=1S/C29H28BrN3O8/c1-33(2)21-15-11-14-10-13-8-9-16(32-28(40)20(30)12-6-4-3-5-7-12)22(34)17(13)23(35)18(14)25(37)29(15,41)26(38)19(24(21)36)27(31)39/h3-9,14-15,20-21,34-35,38,41H,10-11H2,1-2H3,(H2,31,39)(H,32,40)/t14?,15?,20?,21-,29?/m0/s1. The van der Waals surface area contributed by atoms with Crippen LogP contribution in [0.25, 0.3) is 5.76 Å². The molecule has 0 aliphatic heterocycles. The van der Waals surface area contributed by atoms with E-state index in [0.717, 1.165) is 0 Å². The van der Waals surface area contributed by atoms with Gasteiger partial charge in [0, 0.05) is 11.5 Å². The van der Waals surface area contributed by atoms with E-state index >= 15 is 0 Å². The van der Waals surface area contributed by atoms with Gasteiger partial charge in [-0.1, -0.05) is 52.3 Å². The van der Waals surface area contributed by atoms with Gasteiger partial charge in [0.1, 0.15) is 27.7 Å². The molecule has 3 aliphatic carbocycles. The molecular formula is C29H28BrN3O8. The van der Waals surface area contributed by atoms with Crippen LogP contribution in [0.2, 0.25) is 0 Å². The number of carbonyl (C=O) groups excluding carboxylic acids is 4. The Kier molecular flexibility index (Phi) is 7.04. The van der Waals surface area contributed by atoms with Crippen LogP contribution in [0.5, 0.6) is 5.75 Å². The first kappa shape index (κ1) is 28.5. The summed E-state index contributed by atoms with van der Waals surface area (Å²) >= 11 is 3.34. The van der Waals surface area contributed by atoms with Crippen molar-refractivity contribution in [1.29, 1.82) is 0 Å². The van der Waals surface area contributed by atoms with E-state index in [1.807, 2.05) is 0 Å². The number of aliphatic hydroxyl groups excluding tert-OH is 2. The topological polar surface area (TPSA) is 190 Å². The van der Waals surface area contributed by atoms with Crippen molar-refractivity contribution in [2.24, 2.45) is 17.6 Å². The van der Waals surface area contributed by atoms with E-state index in [2.05, 4.69) is 21.2 Å². The Bertz CT molecular complexity index is 1570. The molecule has 2 aromatic carbocycles. The third-order valence-corrected chi connectivity index (χ3v) is 9.12. The minimum Gasteiger partial charge on any atom is -0.508 e. The number of nitrogens with one attached hydrogen (secondary N) is 1. The molecule has 2 aromatic rings. The molecule has 0 bridgehead atoms. The number of ketones is 2. The minimum atomic E-state index is -2.72. The molecule has 4 unspecified atom stereocenters. The fraction of sp³-hybridized carbons (Fsp3) is 0.310. The molecule has 2 amide bonds. The number of rotatable bonds is 5. The van der Waals surface area contributed by atoms with Gasteiger partial charge in [0.05, 0.1) is 17.3 Å². The average Bonchev–Trinajstić information content (AvgIpc) is 2.91. The van der Waals surface area contributed by atoms with E-state index in [0.29, 0.717) is 11.1 Å². The predicted octanol–water partition coefficient (Wildman–Crippen LogP) is 2.04. The minimum absolute atomic E-state index is 0.00659. The highest BCUT2D eigenvalue weighted by molar-refractivity contribution is 9.09. The number of nitrogens with zero attached hydrogens (tertiary/aromatic N) is 1. The fourth-order valence-corrected chi connectivity index (χ4v) is 6.71. The number of phenolic OH excluding ortho intramolecular Hbond substituents is 1. The van der Waals surface area contributed by atoms with E-state index in [4.69, 9.17) is 5.73 Å². The summed E-state index contributed by atoms with van der Waals surface area (Å²) in [7, 11) is 3.08. The van der Waals surface area contributed by atoms with E-state index in [1.54, 1.807) is 36.4 Å².